The molecule has 0 saturated heterocycles. The maximum Gasteiger partial charge on any atom is 0.224 e. The van der Waals surface area contributed by atoms with Gasteiger partial charge in [-0.25, -0.2) is 0 Å². The Morgan fingerprint density at radius 2 is 1.88 bits per heavy atom. The van der Waals surface area contributed by atoms with E-state index in [0.29, 0.717) is 13.0 Å². The van der Waals surface area contributed by atoms with Crippen LogP contribution in [0.15, 0.2) is 60.7 Å². The number of para-hydroxylation sites is 1. The van der Waals surface area contributed by atoms with E-state index in [2.05, 4.69) is 43.2 Å². The molecule has 0 radical (unpaired) electrons. The third kappa shape index (κ3) is 5.62. The summed E-state index contributed by atoms with van der Waals surface area (Å²) in [6, 6.07) is 17.8. The molecule has 166 valence electrons. The number of fused-ring (bicyclic) bond motifs is 1. The van der Waals surface area contributed by atoms with E-state index in [-0.39, 0.29) is 5.91 Å². The third-order valence-corrected chi connectivity index (χ3v) is 5.65. The first-order chi connectivity index (χ1) is 15.7. The molecule has 0 bridgehead atoms. The second-order valence-electron chi connectivity index (χ2n) is 7.82. The van der Waals surface area contributed by atoms with Crippen LogP contribution in [-0.2, 0) is 30.7 Å². The minimum atomic E-state index is -0.00900. The molecular weight excluding hydrogens is 402 g/mol. The van der Waals surface area contributed by atoms with Gasteiger partial charge < -0.3 is 14.6 Å². The highest BCUT2D eigenvalue weighted by molar-refractivity contribution is 5.78. The van der Waals surface area contributed by atoms with Crippen LogP contribution in [0.5, 0.6) is 5.75 Å². The van der Waals surface area contributed by atoms with Gasteiger partial charge in [-0.15, -0.1) is 10.2 Å². The Balaban J connectivity index is 1.29. The third-order valence-electron chi connectivity index (χ3n) is 5.65. The summed E-state index contributed by atoms with van der Waals surface area (Å²) in [5, 5.41) is 11.7. The van der Waals surface area contributed by atoms with Gasteiger partial charge in [-0.05, 0) is 11.6 Å². The lowest BCUT2D eigenvalue weighted by atomic mass is 10.1. The summed E-state index contributed by atoms with van der Waals surface area (Å²) in [5.74, 6) is 2.66. The molecular formula is C25H29N5O2. The summed E-state index contributed by atoms with van der Waals surface area (Å²) in [4.78, 5) is 14.7. The van der Waals surface area contributed by atoms with Crippen LogP contribution in [0.1, 0.15) is 22.8 Å². The summed E-state index contributed by atoms with van der Waals surface area (Å²) >= 11 is 0. The molecule has 1 aliphatic rings. The van der Waals surface area contributed by atoms with Gasteiger partial charge in [0.15, 0.2) is 5.82 Å². The van der Waals surface area contributed by atoms with Crippen LogP contribution in [0.3, 0.4) is 0 Å². The Morgan fingerprint density at radius 1 is 1.06 bits per heavy atom. The Hall–Kier alpha value is -3.45. The van der Waals surface area contributed by atoms with Crippen molar-refractivity contribution in [1.29, 1.82) is 0 Å². The summed E-state index contributed by atoms with van der Waals surface area (Å²) in [6.45, 7) is 3.90. The van der Waals surface area contributed by atoms with Crippen molar-refractivity contribution in [2.24, 2.45) is 0 Å². The zero-order valence-electron chi connectivity index (χ0n) is 18.4. The van der Waals surface area contributed by atoms with Crippen molar-refractivity contribution in [1.82, 2.24) is 25.0 Å². The Kier molecular flexibility index (Phi) is 7.30. The molecule has 3 aromatic rings. The molecule has 4 rings (SSSR count). The molecule has 7 nitrogen and oxygen atoms in total. The number of benzene rings is 2. The fourth-order valence-electron chi connectivity index (χ4n) is 3.89. The lowest BCUT2D eigenvalue weighted by molar-refractivity contribution is -0.120. The van der Waals surface area contributed by atoms with Crippen molar-refractivity contribution in [2.75, 3.05) is 26.7 Å². The molecule has 1 aromatic heterocycles. The van der Waals surface area contributed by atoms with Crippen LogP contribution in [0.2, 0.25) is 0 Å². The predicted molar refractivity (Wildman–Crippen MR) is 124 cm³/mol. The Labute approximate surface area is 188 Å². The maximum atomic E-state index is 12.3. The van der Waals surface area contributed by atoms with E-state index in [4.69, 9.17) is 4.74 Å². The highest BCUT2D eigenvalue weighted by atomic mass is 16.5. The van der Waals surface area contributed by atoms with E-state index in [1.807, 2.05) is 48.5 Å². The molecule has 2 heterocycles. The van der Waals surface area contributed by atoms with Crippen molar-refractivity contribution in [3.63, 3.8) is 0 Å². The molecule has 7 heteroatoms. The number of hydrogen-bond donors (Lipinski definition) is 1. The summed E-state index contributed by atoms with van der Waals surface area (Å²) < 4.78 is 7.56. The number of hydrogen-bond acceptors (Lipinski definition) is 5. The van der Waals surface area contributed by atoms with E-state index in [9.17, 15) is 4.79 Å². The molecule has 0 atom stereocenters. The van der Waals surface area contributed by atoms with Gasteiger partial charge in [0.1, 0.15) is 11.6 Å². The number of nitrogens with zero attached hydrogens (tertiary/aromatic N) is 4. The van der Waals surface area contributed by atoms with Gasteiger partial charge in [0.25, 0.3) is 0 Å². The van der Waals surface area contributed by atoms with Crippen molar-refractivity contribution in [3.8, 4) is 5.75 Å². The average molecular weight is 432 g/mol. The summed E-state index contributed by atoms with van der Waals surface area (Å²) in [6.07, 6.45) is 5.49. The fourth-order valence-corrected chi connectivity index (χ4v) is 3.89. The molecule has 32 heavy (non-hydrogen) atoms. The van der Waals surface area contributed by atoms with Gasteiger partial charge in [-0.1, -0.05) is 60.7 Å². The topological polar surface area (TPSA) is 72.3 Å². The van der Waals surface area contributed by atoms with Gasteiger partial charge >= 0.3 is 0 Å². The average Bonchev–Trinajstić information content (AvgIpc) is 3.10. The Bertz CT molecular complexity index is 1060. The van der Waals surface area contributed by atoms with Gasteiger partial charge in [0.2, 0.25) is 5.91 Å². The minimum Gasteiger partial charge on any atom is -0.496 e. The number of rotatable bonds is 8. The SMILES string of the molecule is COc1ccccc1C=CCN1CCc2nnc(CNC(=O)Cc3ccccc3)n2CC1. The molecule has 2 aromatic carbocycles. The number of carbonyl (C=O) groups is 1. The lowest BCUT2D eigenvalue weighted by Gasteiger charge is -2.17. The fraction of sp³-hybridized carbons (Fsp3) is 0.320. The van der Waals surface area contributed by atoms with E-state index in [0.717, 1.165) is 61.1 Å². The molecule has 1 amide bonds. The number of amides is 1. The number of carbonyl (C=O) groups excluding carboxylic acids is 1. The van der Waals surface area contributed by atoms with E-state index in [1.165, 1.54) is 0 Å². The van der Waals surface area contributed by atoms with Gasteiger partial charge in [-0.3, -0.25) is 9.69 Å². The minimum absolute atomic E-state index is 0.00900. The van der Waals surface area contributed by atoms with Crippen molar-refractivity contribution in [2.45, 2.75) is 25.9 Å². The predicted octanol–water partition coefficient (Wildman–Crippen LogP) is 2.72. The smallest absolute Gasteiger partial charge is 0.224 e. The van der Waals surface area contributed by atoms with Gasteiger partial charge in [-0.2, -0.15) is 0 Å². The molecule has 0 saturated carbocycles. The Morgan fingerprint density at radius 3 is 2.72 bits per heavy atom. The molecule has 0 fully saturated rings. The first kappa shape index (κ1) is 21.8. The molecule has 1 N–H and O–H groups in total. The van der Waals surface area contributed by atoms with E-state index < -0.39 is 0 Å². The molecule has 0 aliphatic carbocycles. The normalized spacial score (nSPS) is 14.2. The van der Waals surface area contributed by atoms with Crippen LogP contribution in [0.25, 0.3) is 6.08 Å². The number of methoxy groups -OCH3 is 1. The second-order valence-corrected chi connectivity index (χ2v) is 7.82. The highest BCUT2D eigenvalue weighted by Crippen LogP contribution is 2.18. The van der Waals surface area contributed by atoms with E-state index in [1.54, 1.807) is 7.11 Å². The van der Waals surface area contributed by atoms with Crippen LogP contribution >= 0.6 is 0 Å². The van der Waals surface area contributed by atoms with Gasteiger partial charge in [0, 0.05) is 38.2 Å². The molecule has 0 unspecified atom stereocenters. The summed E-state index contributed by atoms with van der Waals surface area (Å²) in [7, 11) is 1.69. The van der Waals surface area contributed by atoms with Crippen LogP contribution in [0.4, 0.5) is 0 Å². The van der Waals surface area contributed by atoms with Crippen molar-refractivity contribution >= 4 is 12.0 Å². The maximum absolute atomic E-state index is 12.3. The number of ether oxygens (including phenoxy) is 1. The van der Waals surface area contributed by atoms with Crippen LogP contribution in [0, 0.1) is 0 Å². The zero-order chi connectivity index (χ0) is 22.2. The first-order valence-corrected chi connectivity index (χ1v) is 11.0. The van der Waals surface area contributed by atoms with Crippen molar-refractivity contribution < 1.29 is 9.53 Å². The van der Waals surface area contributed by atoms with Crippen LogP contribution < -0.4 is 10.1 Å². The number of nitrogens with one attached hydrogen (secondary N) is 1. The van der Waals surface area contributed by atoms with E-state index >= 15 is 0 Å². The molecule has 1 aliphatic heterocycles. The number of aromatic nitrogens is 3. The van der Waals surface area contributed by atoms with Crippen molar-refractivity contribution in [3.05, 3.63) is 83.4 Å². The zero-order valence-corrected chi connectivity index (χ0v) is 18.4. The largest absolute Gasteiger partial charge is 0.496 e. The standard InChI is InChI=1S/C25H29N5O2/c1-32-22-12-6-5-10-21(22)11-7-14-29-15-13-23-27-28-24(30(23)17-16-29)19-26-25(31)18-20-8-3-2-4-9-20/h2-12H,13-19H2,1H3,(H,26,31). The lowest BCUT2D eigenvalue weighted by Crippen LogP contribution is -2.28. The first-order valence-electron chi connectivity index (χ1n) is 11.0. The molecule has 0 spiro atoms. The monoisotopic (exact) mass is 431 g/mol. The highest BCUT2D eigenvalue weighted by Gasteiger charge is 2.18. The van der Waals surface area contributed by atoms with Crippen LogP contribution in [-0.4, -0.2) is 52.3 Å². The summed E-state index contributed by atoms with van der Waals surface area (Å²) in [5.41, 5.74) is 2.08. The second kappa shape index (κ2) is 10.7. The van der Waals surface area contributed by atoms with Gasteiger partial charge in [0.05, 0.1) is 20.1 Å². The quantitative estimate of drug-likeness (QED) is 0.594.